The summed E-state index contributed by atoms with van der Waals surface area (Å²) in [5.41, 5.74) is 1.58. The normalized spacial score (nSPS) is 13.6. The molecular weight excluding hydrogens is 282 g/mol. The largest absolute Gasteiger partial charge is 0.489 e. The molecule has 0 radical (unpaired) electrons. The van der Waals surface area contributed by atoms with E-state index in [1.165, 1.54) is 12.1 Å². The number of hydrogen-bond acceptors (Lipinski definition) is 3. The molecule has 0 atom stereocenters. The minimum absolute atomic E-state index is 0.00324. The van der Waals surface area contributed by atoms with Gasteiger partial charge in [0.15, 0.2) is 0 Å². The SMILES string of the molecule is O=C(O)c1ccc(COc2ccccc2)c(N2CCC2=O)c1. The van der Waals surface area contributed by atoms with Gasteiger partial charge in [0.25, 0.3) is 0 Å². The number of rotatable bonds is 5. The Morgan fingerprint density at radius 2 is 1.95 bits per heavy atom. The van der Waals surface area contributed by atoms with E-state index in [0.717, 1.165) is 11.3 Å². The van der Waals surface area contributed by atoms with Crippen molar-refractivity contribution >= 4 is 17.6 Å². The van der Waals surface area contributed by atoms with Crippen molar-refractivity contribution in [3.8, 4) is 5.75 Å². The molecule has 1 N–H and O–H groups in total. The van der Waals surface area contributed by atoms with E-state index in [0.29, 0.717) is 18.7 Å². The Labute approximate surface area is 127 Å². The average molecular weight is 297 g/mol. The molecule has 5 heteroatoms. The molecule has 1 aliphatic rings. The Balaban J connectivity index is 1.86. The number of benzene rings is 2. The van der Waals surface area contributed by atoms with Gasteiger partial charge in [0.2, 0.25) is 5.91 Å². The van der Waals surface area contributed by atoms with E-state index in [9.17, 15) is 9.59 Å². The number of carbonyl (C=O) groups is 2. The Hall–Kier alpha value is -2.82. The molecule has 1 heterocycles. The smallest absolute Gasteiger partial charge is 0.335 e. The summed E-state index contributed by atoms with van der Waals surface area (Å²) in [6.45, 7) is 0.892. The van der Waals surface area contributed by atoms with Gasteiger partial charge in [-0.3, -0.25) is 4.79 Å². The topological polar surface area (TPSA) is 66.8 Å². The first-order valence-electron chi connectivity index (χ1n) is 6.99. The predicted molar refractivity (Wildman–Crippen MR) is 81.1 cm³/mol. The molecule has 22 heavy (non-hydrogen) atoms. The molecule has 0 aliphatic carbocycles. The van der Waals surface area contributed by atoms with Crippen LogP contribution < -0.4 is 9.64 Å². The summed E-state index contributed by atoms with van der Waals surface area (Å²) < 4.78 is 5.70. The van der Waals surface area contributed by atoms with Crippen molar-refractivity contribution in [3.63, 3.8) is 0 Å². The highest BCUT2D eigenvalue weighted by atomic mass is 16.5. The number of amides is 1. The molecule has 0 bridgehead atoms. The van der Waals surface area contributed by atoms with Gasteiger partial charge in [-0.15, -0.1) is 0 Å². The summed E-state index contributed by atoms with van der Waals surface area (Å²) in [4.78, 5) is 24.4. The number of carboxylic acids is 1. The molecular formula is C17H15NO4. The first-order chi connectivity index (χ1) is 10.6. The molecule has 112 valence electrons. The summed E-state index contributed by atoms with van der Waals surface area (Å²) in [6.07, 6.45) is 0.496. The number of carboxylic acid groups (broad SMARTS) is 1. The van der Waals surface area contributed by atoms with Crippen LogP contribution in [-0.4, -0.2) is 23.5 Å². The quantitative estimate of drug-likeness (QED) is 0.862. The van der Waals surface area contributed by atoms with Crippen molar-refractivity contribution in [2.45, 2.75) is 13.0 Å². The zero-order valence-corrected chi connectivity index (χ0v) is 11.9. The van der Waals surface area contributed by atoms with Gasteiger partial charge in [-0.05, 0) is 24.3 Å². The third-order valence-electron chi connectivity index (χ3n) is 3.61. The second-order valence-corrected chi connectivity index (χ2v) is 5.05. The average Bonchev–Trinajstić information content (AvgIpc) is 2.53. The molecule has 1 amide bonds. The minimum Gasteiger partial charge on any atom is -0.489 e. The van der Waals surface area contributed by atoms with Gasteiger partial charge in [0.05, 0.1) is 11.3 Å². The van der Waals surface area contributed by atoms with Crippen LogP contribution in [0.3, 0.4) is 0 Å². The van der Waals surface area contributed by atoms with Crippen molar-refractivity contribution in [1.29, 1.82) is 0 Å². The number of ether oxygens (including phenoxy) is 1. The van der Waals surface area contributed by atoms with Crippen LogP contribution in [0.4, 0.5) is 5.69 Å². The summed E-state index contributed by atoms with van der Waals surface area (Å²) in [5, 5.41) is 9.11. The number of carbonyl (C=O) groups excluding carboxylic acids is 1. The number of anilines is 1. The number of hydrogen-bond donors (Lipinski definition) is 1. The van der Waals surface area contributed by atoms with Crippen molar-refractivity contribution < 1.29 is 19.4 Å². The van der Waals surface area contributed by atoms with Crippen LogP contribution in [0, 0.1) is 0 Å². The molecule has 0 spiro atoms. The maximum Gasteiger partial charge on any atom is 0.335 e. The zero-order chi connectivity index (χ0) is 15.5. The van der Waals surface area contributed by atoms with Crippen molar-refractivity contribution in [1.82, 2.24) is 0 Å². The van der Waals surface area contributed by atoms with Gasteiger partial charge in [-0.2, -0.15) is 0 Å². The van der Waals surface area contributed by atoms with Crippen LogP contribution in [0.5, 0.6) is 5.75 Å². The molecule has 1 saturated heterocycles. The van der Waals surface area contributed by atoms with Crippen LogP contribution in [0.15, 0.2) is 48.5 Å². The monoisotopic (exact) mass is 297 g/mol. The zero-order valence-electron chi connectivity index (χ0n) is 11.9. The summed E-state index contributed by atoms with van der Waals surface area (Å²) in [6, 6.07) is 14.1. The lowest BCUT2D eigenvalue weighted by Crippen LogP contribution is -2.44. The highest BCUT2D eigenvalue weighted by Crippen LogP contribution is 2.28. The third-order valence-corrected chi connectivity index (χ3v) is 3.61. The maximum absolute atomic E-state index is 11.7. The molecule has 5 nitrogen and oxygen atoms in total. The Kier molecular flexibility index (Phi) is 3.78. The van der Waals surface area contributed by atoms with Crippen molar-refractivity contribution in [3.05, 3.63) is 59.7 Å². The molecule has 0 saturated carbocycles. The summed E-state index contributed by atoms with van der Waals surface area (Å²) in [5.74, 6) is -0.279. The Morgan fingerprint density at radius 3 is 2.55 bits per heavy atom. The van der Waals surface area contributed by atoms with Crippen LogP contribution in [0.1, 0.15) is 22.3 Å². The minimum atomic E-state index is -1.01. The Bertz CT molecular complexity index is 712. The molecule has 3 rings (SSSR count). The van der Waals surface area contributed by atoms with E-state index in [4.69, 9.17) is 9.84 Å². The number of β-lactam (4-membered cyclic amide) rings is 1. The molecule has 1 aliphatic heterocycles. The molecule has 0 unspecified atom stereocenters. The fraction of sp³-hybridized carbons (Fsp3) is 0.176. The molecule has 2 aromatic carbocycles. The highest BCUT2D eigenvalue weighted by Gasteiger charge is 2.28. The van der Waals surface area contributed by atoms with Crippen LogP contribution in [0.2, 0.25) is 0 Å². The van der Waals surface area contributed by atoms with E-state index in [1.807, 2.05) is 30.3 Å². The van der Waals surface area contributed by atoms with Crippen molar-refractivity contribution in [2.24, 2.45) is 0 Å². The summed E-state index contributed by atoms with van der Waals surface area (Å²) >= 11 is 0. The van der Waals surface area contributed by atoms with E-state index >= 15 is 0 Å². The molecule has 2 aromatic rings. The first-order valence-corrected chi connectivity index (χ1v) is 6.99. The fourth-order valence-corrected chi connectivity index (χ4v) is 2.32. The van der Waals surface area contributed by atoms with E-state index in [1.54, 1.807) is 11.0 Å². The van der Waals surface area contributed by atoms with Crippen LogP contribution in [-0.2, 0) is 11.4 Å². The Morgan fingerprint density at radius 1 is 1.18 bits per heavy atom. The van der Waals surface area contributed by atoms with Crippen LogP contribution >= 0.6 is 0 Å². The number of nitrogens with zero attached hydrogens (tertiary/aromatic N) is 1. The molecule has 1 fully saturated rings. The van der Waals surface area contributed by atoms with Gasteiger partial charge in [0.1, 0.15) is 12.4 Å². The van der Waals surface area contributed by atoms with Gasteiger partial charge in [0, 0.05) is 18.5 Å². The van der Waals surface area contributed by atoms with E-state index in [2.05, 4.69) is 0 Å². The van der Waals surface area contributed by atoms with Gasteiger partial charge in [-0.1, -0.05) is 24.3 Å². The van der Waals surface area contributed by atoms with Gasteiger partial charge < -0.3 is 14.7 Å². The predicted octanol–water partition coefficient (Wildman–Crippen LogP) is 2.70. The molecule has 0 aromatic heterocycles. The van der Waals surface area contributed by atoms with Crippen LogP contribution in [0.25, 0.3) is 0 Å². The lowest BCUT2D eigenvalue weighted by atomic mass is 10.0. The van der Waals surface area contributed by atoms with E-state index in [-0.39, 0.29) is 18.1 Å². The van der Waals surface area contributed by atoms with Crippen molar-refractivity contribution in [2.75, 3.05) is 11.4 Å². The fourth-order valence-electron chi connectivity index (χ4n) is 2.32. The van der Waals surface area contributed by atoms with Gasteiger partial charge in [-0.25, -0.2) is 4.79 Å². The number of aromatic carboxylic acids is 1. The summed E-state index contributed by atoms with van der Waals surface area (Å²) in [7, 11) is 0. The first kappa shape index (κ1) is 14.1. The van der Waals surface area contributed by atoms with Gasteiger partial charge >= 0.3 is 5.97 Å². The standard InChI is InChI=1S/C17H15NO4/c19-16-8-9-18(16)15-10-12(17(20)21)6-7-13(15)11-22-14-4-2-1-3-5-14/h1-7,10H,8-9,11H2,(H,20,21). The third kappa shape index (κ3) is 2.79. The lowest BCUT2D eigenvalue weighted by molar-refractivity contribution is -0.122. The van der Waals surface area contributed by atoms with E-state index < -0.39 is 5.97 Å². The second-order valence-electron chi connectivity index (χ2n) is 5.05. The maximum atomic E-state index is 11.7. The lowest BCUT2D eigenvalue weighted by Gasteiger charge is -2.32. The number of para-hydroxylation sites is 1. The second kappa shape index (κ2) is 5.89. The highest BCUT2D eigenvalue weighted by molar-refractivity contribution is 6.01.